The van der Waals surface area contributed by atoms with Crippen molar-refractivity contribution in [3.05, 3.63) is 17.1 Å². The van der Waals surface area contributed by atoms with Crippen LogP contribution in [0.5, 0.6) is 0 Å². The third kappa shape index (κ3) is 2.90. The Morgan fingerprint density at radius 1 is 1.20 bits per heavy atom. The van der Waals surface area contributed by atoms with Crippen molar-refractivity contribution < 1.29 is 17.6 Å². The molecule has 2 rings (SSSR count). The average molecular weight is 302 g/mol. The molecule has 1 aromatic rings. The molecule has 0 aliphatic carbocycles. The summed E-state index contributed by atoms with van der Waals surface area (Å²) in [5, 5.41) is 3.00. The molecule has 1 aliphatic heterocycles. The molecule has 0 saturated carbocycles. The number of aryl methyl sites for hydroxylation is 2. The maximum absolute atomic E-state index is 12.9. The number of hydrogen-bond donors (Lipinski definition) is 1. The second-order valence-corrected chi connectivity index (χ2v) is 6.80. The predicted molar refractivity (Wildman–Crippen MR) is 75.1 cm³/mol. The fourth-order valence-electron chi connectivity index (χ4n) is 2.52. The second kappa shape index (κ2) is 6.26. The van der Waals surface area contributed by atoms with Crippen molar-refractivity contribution in [3.8, 4) is 0 Å². The first kappa shape index (κ1) is 15.5. The Morgan fingerprint density at radius 3 is 2.65 bits per heavy atom. The number of hydrogen-bond acceptors (Lipinski definition) is 5. The molecule has 0 aromatic carbocycles. The summed E-state index contributed by atoms with van der Waals surface area (Å²) in [6, 6.07) is 0. The molecule has 1 aliphatic rings. The highest BCUT2D eigenvalue weighted by Gasteiger charge is 2.32. The Labute approximate surface area is 120 Å². The van der Waals surface area contributed by atoms with Gasteiger partial charge in [0.15, 0.2) is 0 Å². The standard InChI is InChI=1S/C13H22N2O4S/c1-10-12(9-14-3)13(11(2)19-10)20(16,17)15-5-4-7-18-8-6-15/h14H,4-9H2,1-3H3. The van der Waals surface area contributed by atoms with E-state index in [0.29, 0.717) is 49.3 Å². The van der Waals surface area contributed by atoms with Crippen LogP contribution in [-0.4, -0.2) is 46.1 Å². The molecular formula is C13H22N2O4S. The molecule has 1 saturated heterocycles. The van der Waals surface area contributed by atoms with Gasteiger partial charge in [0.25, 0.3) is 0 Å². The molecule has 20 heavy (non-hydrogen) atoms. The van der Waals surface area contributed by atoms with Crippen molar-refractivity contribution in [2.45, 2.75) is 31.7 Å². The van der Waals surface area contributed by atoms with E-state index in [1.165, 1.54) is 4.31 Å². The summed E-state index contributed by atoms with van der Waals surface area (Å²) in [7, 11) is -1.74. The first-order valence-corrected chi connectivity index (χ1v) is 8.24. The van der Waals surface area contributed by atoms with Gasteiger partial charge in [-0.25, -0.2) is 8.42 Å². The Bertz CT molecular complexity index is 557. The van der Waals surface area contributed by atoms with Gasteiger partial charge in [-0.3, -0.25) is 0 Å². The second-order valence-electron chi connectivity index (χ2n) is 4.92. The van der Waals surface area contributed by atoms with Gasteiger partial charge in [-0.05, 0) is 27.3 Å². The topological polar surface area (TPSA) is 71.8 Å². The lowest BCUT2D eigenvalue weighted by Crippen LogP contribution is -2.34. The van der Waals surface area contributed by atoms with Gasteiger partial charge in [-0.2, -0.15) is 4.31 Å². The van der Waals surface area contributed by atoms with Crippen molar-refractivity contribution in [2.75, 3.05) is 33.4 Å². The van der Waals surface area contributed by atoms with E-state index in [2.05, 4.69) is 5.32 Å². The summed E-state index contributed by atoms with van der Waals surface area (Å²) in [6.45, 7) is 5.91. The van der Waals surface area contributed by atoms with Crippen LogP contribution in [0.4, 0.5) is 0 Å². The van der Waals surface area contributed by atoms with Crippen molar-refractivity contribution >= 4 is 10.0 Å². The normalized spacial score (nSPS) is 18.1. The van der Waals surface area contributed by atoms with E-state index in [1.54, 1.807) is 20.9 Å². The fourth-order valence-corrected chi connectivity index (χ4v) is 4.40. The lowest BCUT2D eigenvalue weighted by Gasteiger charge is -2.19. The van der Waals surface area contributed by atoms with E-state index in [1.807, 2.05) is 0 Å². The summed E-state index contributed by atoms with van der Waals surface area (Å²) in [6.07, 6.45) is 0.719. The average Bonchev–Trinajstić information content (AvgIpc) is 2.61. The van der Waals surface area contributed by atoms with Crippen LogP contribution in [0.25, 0.3) is 0 Å². The van der Waals surface area contributed by atoms with Crippen LogP contribution in [-0.2, 0) is 21.3 Å². The zero-order valence-corrected chi connectivity index (χ0v) is 13.0. The summed E-state index contributed by atoms with van der Waals surface area (Å²) in [4.78, 5) is 0.311. The van der Waals surface area contributed by atoms with Crippen LogP contribution in [0, 0.1) is 13.8 Å². The van der Waals surface area contributed by atoms with Gasteiger partial charge < -0.3 is 14.5 Å². The van der Waals surface area contributed by atoms with E-state index >= 15 is 0 Å². The highest BCUT2D eigenvalue weighted by atomic mass is 32.2. The first-order valence-electron chi connectivity index (χ1n) is 6.80. The predicted octanol–water partition coefficient (Wildman–Crippen LogP) is 1.03. The first-order chi connectivity index (χ1) is 9.48. The van der Waals surface area contributed by atoms with E-state index in [0.717, 1.165) is 12.0 Å². The minimum Gasteiger partial charge on any atom is -0.465 e. The molecule has 0 bridgehead atoms. The third-order valence-corrected chi connectivity index (χ3v) is 5.55. The number of ether oxygens (including phenoxy) is 1. The molecule has 0 atom stereocenters. The van der Waals surface area contributed by atoms with Gasteiger partial charge in [-0.15, -0.1) is 0 Å². The van der Waals surface area contributed by atoms with Crippen LogP contribution in [0.2, 0.25) is 0 Å². The smallest absolute Gasteiger partial charge is 0.246 e. The maximum Gasteiger partial charge on any atom is 0.246 e. The number of furan rings is 1. The van der Waals surface area contributed by atoms with Gasteiger partial charge in [0, 0.05) is 31.8 Å². The van der Waals surface area contributed by atoms with E-state index in [9.17, 15) is 8.42 Å². The summed E-state index contributed by atoms with van der Waals surface area (Å²) in [5.74, 6) is 1.11. The van der Waals surface area contributed by atoms with Gasteiger partial charge in [0.2, 0.25) is 10.0 Å². The number of nitrogens with one attached hydrogen (secondary N) is 1. The van der Waals surface area contributed by atoms with Gasteiger partial charge in [-0.1, -0.05) is 0 Å². The van der Waals surface area contributed by atoms with Crippen molar-refractivity contribution in [1.82, 2.24) is 9.62 Å². The molecule has 6 nitrogen and oxygen atoms in total. The molecular weight excluding hydrogens is 280 g/mol. The van der Waals surface area contributed by atoms with Crippen molar-refractivity contribution in [2.24, 2.45) is 0 Å². The van der Waals surface area contributed by atoms with Gasteiger partial charge in [0.05, 0.1) is 6.61 Å². The molecule has 0 amide bonds. The molecule has 114 valence electrons. The number of rotatable bonds is 4. The molecule has 0 spiro atoms. The Hall–Kier alpha value is -0.890. The summed E-state index contributed by atoms with van der Waals surface area (Å²) >= 11 is 0. The molecule has 0 unspecified atom stereocenters. The van der Waals surface area contributed by atoms with Gasteiger partial charge in [0.1, 0.15) is 16.4 Å². The highest BCUT2D eigenvalue weighted by Crippen LogP contribution is 2.29. The molecule has 7 heteroatoms. The van der Waals surface area contributed by atoms with E-state index < -0.39 is 10.0 Å². The Balaban J connectivity index is 2.42. The third-order valence-electron chi connectivity index (χ3n) is 3.46. The van der Waals surface area contributed by atoms with Crippen LogP contribution >= 0.6 is 0 Å². The quantitative estimate of drug-likeness (QED) is 0.899. The van der Waals surface area contributed by atoms with Crippen LogP contribution < -0.4 is 5.32 Å². The molecule has 1 aromatic heterocycles. The van der Waals surface area contributed by atoms with Crippen LogP contribution in [0.3, 0.4) is 0 Å². The molecule has 1 N–H and O–H groups in total. The molecule has 2 heterocycles. The van der Waals surface area contributed by atoms with E-state index in [4.69, 9.17) is 9.15 Å². The number of nitrogens with zero attached hydrogens (tertiary/aromatic N) is 1. The van der Waals surface area contributed by atoms with Gasteiger partial charge >= 0.3 is 0 Å². The lowest BCUT2D eigenvalue weighted by molar-refractivity contribution is 0.148. The fraction of sp³-hybridized carbons (Fsp3) is 0.692. The molecule has 0 radical (unpaired) electrons. The largest absolute Gasteiger partial charge is 0.465 e. The highest BCUT2D eigenvalue weighted by molar-refractivity contribution is 7.89. The molecule has 1 fully saturated rings. The van der Waals surface area contributed by atoms with Crippen molar-refractivity contribution in [3.63, 3.8) is 0 Å². The van der Waals surface area contributed by atoms with Crippen LogP contribution in [0.1, 0.15) is 23.5 Å². The maximum atomic E-state index is 12.9. The SMILES string of the molecule is CNCc1c(C)oc(C)c1S(=O)(=O)N1CCCOCC1. The Morgan fingerprint density at radius 2 is 1.95 bits per heavy atom. The lowest BCUT2D eigenvalue weighted by atomic mass is 10.2. The van der Waals surface area contributed by atoms with Crippen molar-refractivity contribution in [1.29, 1.82) is 0 Å². The zero-order valence-electron chi connectivity index (χ0n) is 12.2. The zero-order chi connectivity index (χ0) is 14.8. The Kier molecular flexibility index (Phi) is 4.85. The monoisotopic (exact) mass is 302 g/mol. The minimum atomic E-state index is -3.53. The summed E-state index contributed by atoms with van der Waals surface area (Å²) < 4.78 is 38.1. The van der Waals surface area contributed by atoms with Crippen LogP contribution in [0.15, 0.2) is 9.31 Å². The minimum absolute atomic E-state index is 0.311. The van der Waals surface area contributed by atoms with E-state index in [-0.39, 0.29) is 0 Å². The summed E-state index contributed by atoms with van der Waals surface area (Å²) in [5.41, 5.74) is 0.718. The number of sulfonamides is 1.